The third kappa shape index (κ3) is 2.20. The Kier molecular flexibility index (Phi) is 2.93. The fraction of sp³-hybridized carbons (Fsp3) is 0.294. The molecular formula is C17H16N2OS. The first-order valence-corrected chi connectivity index (χ1v) is 8.11. The number of hydrogen-bond acceptors (Lipinski definition) is 3. The predicted octanol–water partition coefficient (Wildman–Crippen LogP) is 4.55. The van der Waals surface area contributed by atoms with Gasteiger partial charge in [-0.15, -0.1) is 11.3 Å². The number of fused-ring (bicyclic) bond motifs is 1. The van der Waals surface area contributed by atoms with Gasteiger partial charge in [0, 0.05) is 10.9 Å². The summed E-state index contributed by atoms with van der Waals surface area (Å²) in [5.41, 5.74) is 1.51. The second-order valence-corrected chi connectivity index (χ2v) is 6.84. The maximum atomic E-state index is 11.4. The second kappa shape index (κ2) is 4.81. The SMILES string of the molecule is CC(C1CC1)n1cc(C=O)c(-c2cc3ccccc3s2)n1. The summed E-state index contributed by atoms with van der Waals surface area (Å²) in [6, 6.07) is 10.8. The van der Waals surface area contributed by atoms with Gasteiger partial charge in [-0.05, 0) is 43.2 Å². The van der Waals surface area contributed by atoms with Gasteiger partial charge in [-0.2, -0.15) is 5.10 Å². The van der Waals surface area contributed by atoms with E-state index in [1.165, 1.54) is 22.9 Å². The highest BCUT2D eigenvalue weighted by atomic mass is 32.1. The summed E-state index contributed by atoms with van der Waals surface area (Å²) in [7, 11) is 0. The molecule has 3 aromatic rings. The first kappa shape index (κ1) is 12.8. The van der Waals surface area contributed by atoms with Crippen LogP contribution in [0.25, 0.3) is 20.7 Å². The summed E-state index contributed by atoms with van der Waals surface area (Å²) in [5, 5.41) is 5.91. The Labute approximate surface area is 127 Å². The zero-order chi connectivity index (χ0) is 14.4. The van der Waals surface area contributed by atoms with Gasteiger partial charge in [0.05, 0.1) is 16.5 Å². The van der Waals surface area contributed by atoms with Crippen LogP contribution >= 0.6 is 11.3 Å². The van der Waals surface area contributed by atoms with E-state index < -0.39 is 0 Å². The second-order valence-electron chi connectivity index (χ2n) is 5.76. The molecule has 106 valence electrons. The molecule has 0 radical (unpaired) electrons. The topological polar surface area (TPSA) is 34.9 Å². The number of thiophene rings is 1. The van der Waals surface area contributed by atoms with Crippen molar-refractivity contribution in [1.82, 2.24) is 9.78 Å². The number of carbonyl (C=O) groups is 1. The van der Waals surface area contributed by atoms with Crippen molar-refractivity contribution in [3.63, 3.8) is 0 Å². The summed E-state index contributed by atoms with van der Waals surface area (Å²) in [6.45, 7) is 2.19. The van der Waals surface area contributed by atoms with E-state index in [0.717, 1.165) is 22.8 Å². The Morgan fingerprint density at radius 1 is 1.38 bits per heavy atom. The van der Waals surface area contributed by atoms with Gasteiger partial charge >= 0.3 is 0 Å². The standard InChI is InChI=1S/C17H16N2OS/c1-11(12-6-7-12)19-9-14(10-20)17(18-19)16-8-13-4-2-3-5-15(13)21-16/h2-5,8-12H,6-7H2,1H3. The molecule has 1 aliphatic rings. The average molecular weight is 296 g/mol. The number of hydrogen-bond donors (Lipinski definition) is 0. The number of carbonyl (C=O) groups excluding carboxylic acids is 1. The van der Waals surface area contributed by atoms with E-state index in [1.807, 2.05) is 23.0 Å². The van der Waals surface area contributed by atoms with Crippen molar-refractivity contribution < 1.29 is 4.79 Å². The van der Waals surface area contributed by atoms with Crippen molar-refractivity contribution in [3.05, 3.63) is 42.1 Å². The molecule has 2 heterocycles. The molecule has 1 aromatic carbocycles. The van der Waals surface area contributed by atoms with E-state index in [2.05, 4.69) is 25.1 Å². The van der Waals surface area contributed by atoms with Gasteiger partial charge in [-0.3, -0.25) is 9.48 Å². The van der Waals surface area contributed by atoms with E-state index in [-0.39, 0.29) is 0 Å². The summed E-state index contributed by atoms with van der Waals surface area (Å²) < 4.78 is 3.20. The summed E-state index contributed by atoms with van der Waals surface area (Å²) in [6.07, 6.45) is 5.36. The van der Waals surface area contributed by atoms with Gasteiger partial charge in [-0.1, -0.05) is 18.2 Å². The first-order chi connectivity index (χ1) is 10.3. The quantitative estimate of drug-likeness (QED) is 0.662. The van der Waals surface area contributed by atoms with Crippen LogP contribution in [0, 0.1) is 5.92 Å². The highest BCUT2D eigenvalue weighted by Gasteiger charge is 2.30. The van der Waals surface area contributed by atoms with Gasteiger partial charge in [0.15, 0.2) is 6.29 Å². The first-order valence-electron chi connectivity index (χ1n) is 7.29. The third-order valence-corrected chi connectivity index (χ3v) is 5.39. The van der Waals surface area contributed by atoms with Crippen molar-refractivity contribution >= 4 is 27.7 Å². The van der Waals surface area contributed by atoms with Gasteiger partial charge < -0.3 is 0 Å². The Morgan fingerprint density at radius 3 is 2.90 bits per heavy atom. The van der Waals surface area contributed by atoms with Gasteiger partial charge in [0.1, 0.15) is 5.69 Å². The normalized spacial score (nSPS) is 16.2. The van der Waals surface area contributed by atoms with Crippen molar-refractivity contribution in [2.45, 2.75) is 25.8 Å². The molecule has 4 rings (SSSR count). The van der Waals surface area contributed by atoms with E-state index in [0.29, 0.717) is 11.6 Å². The molecule has 0 aliphatic heterocycles. The fourth-order valence-corrected chi connectivity index (χ4v) is 3.85. The van der Waals surface area contributed by atoms with Crippen molar-refractivity contribution in [1.29, 1.82) is 0 Å². The van der Waals surface area contributed by atoms with E-state index in [1.54, 1.807) is 11.3 Å². The Hall–Kier alpha value is -1.94. The highest BCUT2D eigenvalue weighted by Crippen LogP contribution is 2.40. The summed E-state index contributed by atoms with van der Waals surface area (Å²) >= 11 is 1.69. The van der Waals surface area contributed by atoms with Crippen molar-refractivity contribution in [2.75, 3.05) is 0 Å². The van der Waals surface area contributed by atoms with E-state index in [4.69, 9.17) is 5.10 Å². The van der Waals surface area contributed by atoms with Crippen LogP contribution in [0.5, 0.6) is 0 Å². The van der Waals surface area contributed by atoms with Crippen LogP contribution in [-0.2, 0) is 0 Å². The largest absolute Gasteiger partial charge is 0.298 e. The molecule has 0 N–H and O–H groups in total. The van der Waals surface area contributed by atoms with Crippen LogP contribution in [0.1, 0.15) is 36.2 Å². The molecule has 0 amide bonds. The fourth-order valence-electron chi connectivity index (χ4n) is 2.79. The Balaban J connectivity index is 1.80. The Morgan fingerprint density at radius 2 is 2.19 bits per heavy atom. The maximum Gasteiger partial charge on any atom is 0.153 e. The molecule has 21 heavy (non-hydrogen) atoms. The minimum atomic E-state index is 0.381. The average Bonchev–Trinajstić information content (AvgIpc) is 3.12. The molecule has 4 heteroatoms. The minimum Gasteiger partial charge on any atom is -0.298 e. The minimum absolute atomic E-state index is 0.381. The smallest absolute Gasteiger partial charge is 0.153 e. The predicted molar refractivity (Wildman–Crippen MR) is 85.9 cm³/mol. The monoisotopic (exact) mass is 296 g/mol. The molecule has 1 unspecified atom stereocenters. The van der Waals surface area contributed by atoms with Crippen LogP contribution < -0.4 is 0 Å². The molecule has 2 aromatic heterocycles. The van der Waals surface area contributed by atoms with Crippen LogP contribution in [0.15, 0.2) is 36.5 Å². The van der Waals surface area contributed by atoms with Crippen molar-refractivity contribution in [2.24, 2.45) is 5.92 Å². The summed E-state index contributed by atoms with van der Waals surface area (Å²) in [5.74, 6) is 0.722. The molecule has 0 saturated heterocycles. The number of rotatable bonds is 4. The molecule has 1 fully saturated rings. The molecule has 1 saturated carbocycles. The van der Waals surface area contributed by atoms with E-state index in [9.17, 15) is 4.79 Å². The third-order valence-electron chi connectivity index (χ3n) is 4.27. The number of aromatic nitrogens is 2. The Bertz CT molecular complexity index is 780. The van der Waals surface area contributed by atoms with Gasteiger partial charge in [-0.25, -0.2) is 0 Å². The van der Waals surface area contributed by atoms with Crippen molar-refractivity contribution in [3.8, 4) is 10.6 Å². The lowest BCUT2D eigenvalue weighted by Crippen LogP contribution is -2.07. The lowest BCUT2D eigenvalue weighted by molar-refractivity contribution is 0.112. The van der Waals surface area contributed by atoms with E-state index >= 15 is 0 Å². The van der Waals surface area contributed by atoms with Gasteiger partial charge in [0.2, 0.25) is 0 Å². The maximum absolute atomic E-state index is 11.4. The number of aldehydes is 1. The molecule has 0 spiro atoms. The number of benzene rings is 1. The van der Waals surface area contributed by atoms with Crippen LogP contribution in [0.2, 0.25) is 0 Å². The zero-order valence-corrected chi connectivity index (χ0v) is 12.6. The van der Waals surface area contributed by atoms with Crippen LogP contribution in [-0.4, -0.2) is 16.1 Å². The van der Waals surface area contributed by atoms with Crippen LogP contribution in [0.4, 0.5) is 0 Å². The lowest BCUT2D eigenvalue weighted by atomic mass is 10.2. The molecule has 1 atom stereocenters. The number of nitrogens with zero attached hydrogens (tertiary/aromatic N) is 2. The molecule has 1 aliphatic carbocycles. The zero-order valence-electron chi connectivity index (χ0n) is 11.8. The highest BCUT2D eigenvalue weighted by molar-refractivity contribution is 7.22. The van der Waals surface area contributed by atoms with Gasteiger partial charge in [0.25, 0.3) is 0 Å². The lowest BCUT2D eigenvalue weighted by Gasteiger charge is -2.09. The molecule has 3 nitrogen and oxygen atoms in total. The molecular weight excluding hydrogens is 280 g/mol. The molecule has 0 bridgehead atoms. The summed E-state index contributed by atoms with van der Waals surface area (Å²) in [4.78, 5) is 12.5. The van der Waals surface area contributed by atoms with Crippen LogP contribution in [0.3, 0.4) is 0 Å².